The molecule has 0 aliphatic heterocycles. The summed E-state index contributed by atoms with van der Waals surface area (Å²) in [7, 11) is 6.22. The Labute approximate surface area is 73.0 Å². The van der Waals surface area contributed by atoms with E-state index in [-0.39, 0.29) is 5.54 Å². The molecule has 0 bridgehead atoms. The van der Waals surface area contributed by atoms with Gasteiger partial charge in [0.1, 0.15) is 0 Å². The predicted octanol–water partition coefficient (Wildman–Crippen LogP) is 0.971. The van der Waals surface area contributed by atoms with Gasteiger partial charge in [0.05, 0.1) is 11.2 Å². The molecule has 0 unspecified atom stereocenters. The van der Waals surface area contributed by atoms with E-state index in [1.54, 1.807) is 0 Å². The average molecular weight is 165 g/mol. The molecule has 12 heavy (non-hydrogen) atoms. The SMILES string of the molecule is CN(C)C1(c2ccn(C)n2)CC1. The van der Waals surface area contributed by atoms with E-state index in [1.165, 1.54) is 18.5 Å². The molecule has 1 aromatic rings. The molecule has 1 fully saturated rings. The Morgan fingerprint density at radius 2 is 2.17 bits per heavy atom. The Bertz CT molecular complexity index is 284. The third-order valence-electron chi connectivity index (χ3n) is 2.77. The molecule has 0 saturated heterocycles. The van der Waals surface area contributed by atoms with Gasteiger partial charge in [-0.1, -0.05) is 0 Å². The van der Waals surface area contributed by atoms with Crippen molar-refractivity contribution in [3.8, 4) is 0 Å². The third kappa shape index (κ3) is 0.966. The molecule has 2 rings (SSSR count). The zero-order chi connectivity index (χ0) is 8.77. The average Bonchev–Trinajstić information content (AvgIpc) is 2.71. The first-order chi connectivity index (χ1) is 5.65. The summed E-state index contributed by atoms with van der Waals surface area (Å²) in [6.45, 7) is 0. The first kappa shape index (κ1) is 7.80. The van der Waals surface area contributed by atoms with Crippen LogP contribution in [0.4, 0.5) is 0 Å². The molecule has 1 saturated carbocycles. The van der Waals surface area contributed by atoms with E-state index in [0.29, 0.717) is 0 Å². The highest BCUT2D eigenvalue weighted by molar-refractivity contribution is 5.21. The Morgan fingerprint density at radius 1 is 1.50 bits per heavy atom. The summed E-state index contributed by atoms with van der Waals surface area (Å²) in [6.07, 6.45) is 4.51. The maximum atomic E-state index is 4.44. The van der Waals surface area contributed by atoms with E-state index in [4.69, 9.17) is 0 Å². The van der Waals surface area contributed by atoms with Crippen LogP contribution in [0.1, 0.15) is 18.5 Å². The fourth-order valence-corrected chi connectivity index (χ4v) is 1.71. The first-order valence-electron chi connectivity index (χ1n) is 4.33. The molecule has 0 N–H and O–H groups in total. The van der Waals surface area contributed by atoms with Crippen LogP contribution in [0.3, 0.4) is 0 Å². The summed E-state index contributed by atoms with van der Waals surface area (Å²) in [5.74, 6) is 0. The zero-order valence-corrected chi connectivity index (χ0v) is 7.91. The first-order valence-corrected chi connectivity index (χ1v) is 4.33. The van der Waals surface area contributed by atoms with Crippen LogP contribution >= 0.6 is 0 Å². The number of hydrogen-bond acceptors (Lipinski definition) is 2. The lowest BCUT2D eigenvalue weighted by Crippen LogP contribution is -2.28. The smallest absolute Gasteiger partial charge is 0.0827 e. The van der Waals surface area contributed by atoms with Crippen LogP contribution in [0.2, 0.25) is 0 Å². The minimum atomic E-state index is 0.265. The summed E-state index contributed by atoms with van der Waals surface area (Å²) in [4.78, 5) is 2.27. The van der Waals surface area contributed by atoms with E-state index < -0.39 is 0 Å². The van der Waals surface area contributed by atoms with Crippen molar-refractivity contribution in [2.75, 3.05) is 14.1 Å². The Morgan fingerprint density at radius 3 is 2.50 bits per heavy atom. The molecule has 3 heteroatoms. The lowest BCUT2D eigenvalue weighted by atomic mass is 10.2. The van der Waals surface area contributed by atoms with Crippen LogP contribution in [-0.2, 0) is 12.6 Å². The highest BCUT2D eigenvalue weighted by Gasteiger charge is 2.48. The number of hydrogen-bond donors (Lipinski definition) is 0. The highest BCUT2D eigenvalue weighted by atomic mass is 15.3. The van der Waals surface area contributed by atoms with Gasteiger partial charge in [-0.05, 0) is 33.0 Å². The molecule has 0 amide bonds. The molecule has 0 spiro atoms. The standard InChI is InChI=1S/C9H15N3/c1-11(2)9(5-6-9)8-4-7-12(3)10-8/h4,7H,5-6H2,1-3H3. The Kier molecular flexibility index (Phi) is 1.51. The van der Waals surface area contributed by atoms with Crippen molar-refractivity contribution < 1.29 is 0 Å². The van der Waals surface area contributed by atoms with Crippen molar-refractivity contribution in [2.24, 2.45) is 7.05 Å². The van der Waals surface area contributed by atoms with Gasteiger partial charge >= 0.3 is 0 Å². The normalized spacial score (nSPS) is 20.0. The van der Waals surface area contributed by atoms with Gasteiger partial charge in [0, 0.05) is 13.2 Å². The number of nitrogens with zero attached hydrogens (tertiary/aromatic N) is 3. The maximum absolute atomic E-state index is 4.44. The second-order valence-corrected chi connectivity index (χ2v) is 3.80. The molecule has 0 atom stereocenters. The predicted molar refractivity (Wildman–Crippen MR) is 47.8 cm³/mol. The molecular formula is C9H15N3. The van der Waals surface area contributed by atoms with Crippen LogP contribution in [0.5, 0.6) is 0 Å². The lowest BCUT2D eigenvalue weighted by molar-refractivity contribution is 0.268. The van der Waals surface area contributed by atoms with Crippen molar-refractivity contribution in [2.45, 2.75) is 18.4 Å². The number of rotatable bonds is 2. The molecule has 0 radical (unpaired) electrons. The molecule has 1 aromatic heterocycles. The molecule has 0 aromatic carbocycles. The third-order valence-corrected chi connectivity index (χ3v) is 2.77. The van der Waals surface area contributed by atoms with Crippen molar-refractivity contribution >= 4 is 0 Å². The van der Waals surface area contributed by atoms with Crippen LogP contribution in [-0.4, -0.2) is 28.8 Å². The van der Waals surface area contributed by atoms with Crippen molar-refractivity contribution in [3.63, 3.8) is 0 Å². The van der Waals surface area contributed by atoms with E-state index >= 15 is 0 Å². The highest BCUT2D eigenvalue weighted by Crippen LogP contribution is 2.48. The van der Waals surface area contributed by atoms with Gasteiger partial charge in [-0.2, -0.15) is 5.10 Å². The monoisotopic (exact) mass is 165 g/mol. The summed E-state index contributed by atoms with van der Waals surface area (Å²) in [5, 5.41) is 4.44. The largest absolute Gasteiger partial charge is 0.298 e. The summed E-state index contributed by atoms with van der Waals surface area (Å²) in [6, 6.07) is 2.12. The topological polar surface area (TPSA) is 21.1 Å². The van der Waals surface area contributed by atoms with E-state index in [1.807, 2.05) is 17.9 Å². The minimum absolute atomic E-state index is 0.265. The summed E-state index contributed by atoms with van der Waals surface area (Å²) < 4.78 is 1.87. The second-order valence-electron chi connectivity index (χ2n) is 3.80. The zero-order valence-electron chi connectivity index (χ0n) is 7.91. The lowest BCUT2D eigenvalue weighted by Gasteiger charge is -2.21. The number of aromatic nitrogens is 2. The van der Waals surface area contributed by atoms with E-state index in [0.717, 1.165) is 0 Å². The van der Waals surface area contributed by atoms with Crippen molar-refractivity contribution in [1.29, 1.82) is 0 Å². The van der Waals surface area contributed by atoms with Crippen LogP contribution in [0, 0.1) is 0 Å². The molecule has 1 aliphatic rings. The van der Waals surface area contributed by atoms with Crippen LogP contribution in [0.25, 0.3) is 0 Å². The summed E-state index contributed by atoms with van der Waals surface area (Å²) in [5.41, 5.74) is 1.48. The fraction of sp³-hybridized carbons (Fsp3) is 0.667. The Hall–Kier alpha value is -0.830. The van der Waals surface area contributed by atoms with Crippen LogP contribution < -0.4 is 0 Å². The van der Waals surface area contributed by atoms with Crippen molar-refractivity contribution in [1.82, 2.24) is 14.7 Å². The van der Waals surface area contributed by atoms with Crippen LogP contribution in [0.15, 0.2) is 12.3 Å². The van der Waals surface area contributed by atoms with Gasteiger partial charge < -0.3 is 0 Å². The molecule has 66 valence electrons. The second kappa shape index (κ2) is 2.33. The number of aryl methyl sites for hydroxylation is 1. The summed E-state index contributed by atoms with van der Waals surface area (Å²) >= 11 is 0. The van der Waals surface area contributed by atoms with Crippen molar-refractivity contribution in [3.05, 3.63) is 18.0 Å². The fourth-order valence-electron chi connectivity index (χ4n) is 1.71. The Balaban J connectivity index is 2.30. The molecule has 1 aliphatic carbocycles. The molecule has 3 nitrogen and oxygen atoms in total. The van der Waals surface area contributed by atoms with Gasteiger partial charge in [0.2, 0.25) is 0 Å². The minimum Gasteiger partial charge on any atom is -0.298 e. The van der Waals surface area contributed by atoms with Gasteiger partial charge in [-0.15, -0.1) is 0 Å². The van der Waals surface area contributed by atoms with Gasteiger partial charge in [-0.3, -0.25) is 9.58 Å². The van der Waals surface area contributed by atoms with E-state index in [9.17, 15) is 0 Å². The van der Waals surface area contributed by atoms with Gasteiger partial charge in [0.15, 0.2) is 0 Å². The molecule has 1 heterocycles. The van der Waals surface area contributed by atoms with Gasteiger partial charge in [-0.25, -0.2) is 0 Å². The maximum Gasteiger partial charge on any atom is 0.0827 e. The quantitative estimate of drug-likeness (QED) is 0.651. The van der Waals surface area contributed by atoms with Gasteiger partial charge in [0.25, 0.3) is 0 Å². The molecular weight excluding hydrogens is 150 g/mol. The van der Waals surface area contributed by atoms with E-state index in [2.05, 4.69) is 30.2 Å².